The van der Waals surface area contributed by atoms with Crippen molar-refractivity contribution in [2.24, 2.45) is 0 Å². The van der Waals surface area contributed by atoms with Gasteiger partial charge in [0.2, 0.25) is 10.0 Å². The van der Waals surface area contributed by atoms with Gasteiger partial charge in [0.1, 0.15) is 11.6 Å². The van der Waals surface area contributed by atoms with Crippen LogP contribution >= 0.6 is 0 Å². The molecule has 0 saturated carbocycles. The molecular formula is C22H30N4O2S. The molecule has 2 aliphatic rings. The minimum atomic E-state index is -3.11. The van der Waals surface area contributed by atoms with Crippen molar-refractivity contribution in [2.75, 3.05) is 30.3 Å². The highest BCUT2D eigenvalue weighted by atomic mass is 32.2. The summed E-state index contributed by atoms with van der Waals surface area (Å²) in [4.78, 5) is 12.3. The SMILES string of the molecule is CCS(=O)(=O)N1CCC(c2nc(C)c3c(n2)N(Cc2ccccc2)CCC3)CC1. The predicted molar refractivity (Wildman–Crippen MR) is 116 cm³/mol. The highest BCUT2D eigenvalue weighted by Gasteiger charge is 2.30. The fraction of sp³-hybridized carbons (Fsp3) is 0.545. The molecule has 1 aromatic carbocycles. The van der Waals surface area contributed by atoms with Crippen LogP contribution in [0, 0.1) is 6.92 Å². The molecule has 156 valence electrons. The largest absolute Gasteiger partial charge is 0.352 e. The van der Waals surface area contributed by atoms with Crippen molar-refractivity contribution in [3.63, 3.8) is 0 Å². The summed E-state index contributed by atoms with van der Waals surface area (Å²) in [6, 6.07) is 10.5. The monoisotopic (exact) mass is 414 g/mol. The fourth-order valence-corrected chi connectivity index (χ4v) is 5.56. The fourth-order valence-electron chi connectivity index (χ4n) is 4.42. The molecule has 29 heavy (non-hydrogen) atoms. The second-order valence-electron chi connectivity index (χ2n) is 8.05. The Hall–Kier alpha value is -1.99. The predicted octanol–water partition coefficient (Wildman–Crippen LogP) is 3.27. The summed E-state index contributed by atoms with van der Waals surface area (Å²) in [7, 11) is -3.11. The molecule has 0 amide bonds. The van der Waals surface area contributed by atoms with Gasteiger partial charge in [-0.15, -0.1) is 0 Å². The molecule has 0 atom stereocenters. The van der Waals surface area contributed by atoms with E-state index in [1.54, 1.807) is 11.2 Å². The Morgan fingerprint density at radius 2 is 1.79 bits per heavy atom. The van der Waals surface area contributed by atoms with Gasteiger partial charge in [-0.3, -0.25) is 0 Å². The van der Waals surface area contributed by atoms with Crippen LogP contribution < -0.4 is 4.90 Å². The third kappa shape index (κ3) is 4.31. The lowest BCUT2D eigenvalue weighted by molar-refractivity contribution is 0.313. The zero-order chi connectivity index (χ0) is 20.4. The van der Waals surface area contributed by atoms with E-state index in [9.17, 15) is 8.42 Å². The first-order chi connectivity index (χ1) is 14.0. The van der Waals surface area contributed by atoms with E-state index in [1.165, 1.54) is 11.1 Å². The first kappa shape index (κ1) is 20.3. The average Bonchev–Trinajstić information content (AvgIpc) is 2.75. The Balaban J connectivity index is 1.56. The van der Waals surface area contributed by atoms with Crippen LogP contribution in [0.1, 0.15) is 54.7 Å². The highest BCUT2D eigenvalue weighted by Crippen LogP contribution is 2.33. The van der Waals surface area contributed by atoms with Gasteiger partial charge in [-0.1, -0.05) is 30.3 Å². The van der Waals surface area contributed by atoms with Crippen LogP contribution in [0.15, 0.2) is 30.3 Å². The molecule has 7 heteroatoms. The Morgan fingerprint density at radius 3 is 2.48 bits per heavy atom. The molecule has 0 radical (unpaired) electrons. The Bertz CT molecular complexity index is 954. The topological polar surface area (TPSA) is 66.4 Å². The van der Waals surface area contributed by atoms with E-state index >= 15 is 0 Å². The van der Waals surface area contributed by atoms with Crippen LogP contribution in [0.2, 0.25) is 0 Å². The Labute approximate surface area is 174 Å². The molecule has 0 unspecified atom stereocenters. The lowest BCUT2D eigenvalue weighted by Gasteiger charge is -2.33. The quantitative estimate of drug-likeness (QED) is 0.751. The Kier molecular flexibility index (Phi) is 5.88. The molecule has 0 N–H and O–H groups in total. The molecule has 1 saturated heterocycles. The van der Waals surface area contributed by atoms with E-state index in [4.69, 9.17) is 9.97 Å². The summed E-state index contributed by atoms with van der Waals surface area (Å²) < 4.78 is 25.9. The standard InChI is InChI=1S/C22H30N4O2S/c1-3-29(27,28)26-14-11-19(12-15-26)21-23-17(2)20-10-7-13-25(22(20)24-21)16-18-8-5-4-6-9-18/h4-6,8-9,19H,3,7,10-16H2,1-2H3. The molecular weight excluding hydrogens is 384 g/mol. The van der Waals surface area contributed by atoms with Crippen LogP contribution in [-0.4, -0.2) is 48.1 Å². The molecule has 0 spiro atoms. The number of sulfonamides is 1. The third-order valence-corrected chi connectivity index (χ3v) is 8.04. The number of rotatable bonds is 5. The number of fused-ring (bicyclic) bond motifs is 1. The van der Waals surface area contributed by atoms with Crippen LogP contribution in [-0.2, 0) is 23.0 Å². The van der Waals surface area contributed by atoms with Gasteiger partial charge in [0, 0.05) is 43.4 Å². The maximum absolute atomic E-state index is 12.1. The lowest BCUT2D eigenvalue weighted by Crippen LogP contribution is -2.39. The van der Waals surface area contributed by atoms with Gasteiger partial charge in [-0.2, -0.15) is 0 Å². The van der Waals surface area contributed by atoms with E-state index in [1.807, 2.05) is 6.07 Å². The van der Waals surface area contributed by atoms with Crippen molar-refractivity contribution in [3.05, 3.63) is 53.0 Å². The summed E-state index contributed by atoms with van der Waals surface area (Å²) in [5.74, 6) is 2.35. The molecule has 3 heterocycles. The third-order valence-electron chi connectivity index (χ3n) is 6.16. The lowest BCUT2D eigenvalue weighted by atomic mass is 9.96. The molecule has 2 aliphatic heterocycles. The summed E-state index contributed by atoms with van der Waals surface area (Å²) in [6.45, 7) is 6.79. The van der Waals surface area contributed by atoms with Crippen LogP contribution in [0.25, 0.3) is 0 Å². The van der Waals surface area contributed by atoms with Gasteiger partial charge < -0.3 is 4.90 Å². The minimum Gasteiger partial charge on any atom is -0.352 e. The van der Waals surface area contributed by atoms with Gasteiger partial charge in [0.25, 0.3) is 0 Å². The summed E-state index contributed by atoms with van der Waals surface area (Å²) in [6.07, 6.45) is 3.73. The number of aryl methyl sites for hydroxylation is 1. The van der Waals surface area contributed by atoms with Crippen molar-refractivity contribution < 1.29 is 8.42 Å². The maximum atomic E-state index is 12.1. The second-order valence-corrected chi connectivity index (χ2v) is 10.3. The number of hydrogen-bond donors (Lipinski definition) is 0. The zero-order valence-corrected chi connectivity index (χ0v) is 18.2. The molecule has 0 bridgehead atoms. The van der Waals surface area contributed by atoms with E-state index < -0.39 is 10.0 Å². The normalized spacial score (nSPS) is 18.6. The number of anilines is 1. The molecule has 1 fully saturated rings. The summed E-state index contributed by atoms with van der Waals surface area (Å²) >= 11 is 0. The number of nitrogens with zero attached hydrogens (tertiary/aromatic N) is 4. The van der Waals surface area contributed by atoms with Crippen LogP contribution in [0.4, 0.5) is 5.82 Å². The molecule has 2 aromatic rings. The van der Waals surface area contributed by atoms with Gasteiger partial charge in [0.05, 0.1) is 5.75 Å². The second kappa shape index (κ2) is 8.40. The van der Waals surface area contributed by atoms with Crippen molar-refractivity contribution in [3.8, 4) is 0 Å². The first-order valence-corrected chi connectivity index (χ1v) is 12.2. The molecule has 4 rings (SSSR count). The van der Waals surface area contributed by atoms with Gasteiger partial charge in [0.15, 0.2) is 0 Å². The molecule has 0 aliphatic carbocycles. The van der Waals surface area contributed by atoms with Crippen molar-refractivity contribution in [1.29, 1.82) is 0 Å². The van der Waals surface area contributed by atoms with Crippen LogP contribution in [0.5, 0.6) is 0 Å². The van der Waals surface area contributed by atoms with E-state index in [-0.39, 0.29) is 11.7 Å². The van der Waals surface area contributed by atoms with E-state index in [2.05, 4.69) is 36.1 Å². The summed E-state index contributed by atoms with van der Waals surface area (Å²) in [5.41, 5.74) is 3.63. The van der Waals surface area contributed by atoms with Crippen molar-refractivity contribution >= 4 is 15.8 Å². The Morgan fingerprint density at radius 1 is 1.07 bits per heavy atom. The number of benzene rings is 1. The number of hydrogen-bond acceptors (Lipinski definition) is 5. The molecule has 1 aromatic heterocycles. The minimum absolute atomic E-state index is 0.167. The van der Waals surface area contributed by atoms with E-state index in [0.29, 0.717) is 13.1 Å². The summed E-state index contributed by atoms with van der Waals surface area (Å²) in [5, 5.41) is 0. The first-order valence-electron chi connectivity index (χ1n) is 10.6. The van der Waals surface area contributed by atoms with Crippen LogP contribution in [0.3, 0.4) is 0 Å². The van der Waals surface area contributed by atoms with Gasteiger partial charge in [-0.25, -0.2) is 22.7 Å². The van der Waals surface area contributed by atoms with E-state index in [0.717, 1.165) is 56.1 Å². The number of piperidine rings is 1. The van der Waals surface area contributed by atoms with Crippen molar-refractivity contribution in [1.82, 2.24) is 14.3 Å². The van der Waals surface area contributed by atoms with Crippen molar-refractivity contribution in [2.45, 2.75) is 52.0 Å². The number of aromatic nitrogens is 2. The zero-order valence-electron chi connectivity index (χ0n) is 17.3. The highest BCUT2D eigenvalue weighted by molar-refractivity contribution is 7.89. The molecule has 6 nitrogen and oxygen atoms in total. The van der Waals surface area contributed by atoms with Gasteiger partial charge in [-0.05, 0) is 45.1 Å². The average molecular weight is 415 g/mol. The smallest absolute Gasteiger partial charge is 0.213 e. The van der Waals surface area contributed by atoms with Gasteiger partial charge >= 0.3 is 0 Å². The maximum Gasteiger partial charge on any atom is 0.213 e.